The molecule has 0 aromatic heterocycles. The highest BCUT2D eigenvalue weighted by atomic mass is 79.9. The first-order valence-electron chi connectivity index (χ1n) is 3.34. The summed E-state index contributed by atoms with van der Waals surface area (Å²) in [5, 5.41) is 8.52. The zero-order valence-electron chi connectivity index (χ0n) is 6.30. The van der Waals surface area contributed by atoms with E-state index in [1.165, 1.54) is 0 Å². The monoisotopic (exact) mass is 250 g/mol. The molecular weight excluding hydrogens is 246 g/mol. The van der Waals surface area contributed by atoms with Crippen molar-refractivity contribution in [3.63, 3.8) is 0 Å². The quantitative estimate of drug-likeness (QED) is 0.820. The van der Waals surface area contributed by atoms with Crippen LogP contribution in [0.15, 0.2) is 18.2 Å². The molecule has 0 fully saturated rings. The third-order valence-electron chi connectivity index (χ3n) is 1.45. The number of aliphatic carboxylic acids is 1. The average molecular weight is 251 g/mol. The van der Waals surface area contributed by atoms with E-state index < -0.39 is 22.4 Å². The van der Waals surface area contributed by atoms with Crippen molar-refractivity contribution in [1.29, 1.82) is 0 Å². The summed E-state index contributed by atoms with van der Waals surface area (Å²) in [6.07, 6.45) is 0. The van der Waals surface area contributed by atoms with E-state index in [2.05, 4.69) is 15.9 Å². The number of benzene rings is 1. The first-order chi connectivity index (χ1) is 6.02. The van der Waals surface area contributed by atoms with Gasteiger partial charge < -0.3 is 5.11 Å². The van der Waals surface area contributed by atoms with Crippen LogP contribution in [0.25, 0.3) is 0 Å². The maximum Gasteiger partial charge on any atom is 0.321 e. The van der Waals surface area contributed by atoms with Crippen molar-refractivity contribution in [2.75, 3.05) is 0 Å². The highest BCUT2D eigenvalue weighted by Gasteiger charge is 2.19. The number of carboxylic acids is 1. The van der Waals surface area contributed by atoms with Gasteiger partial charge in [-0.3, -0.25) is 4.79 Å². The van der Waals surface area contributed by atoms with Crippen molar-refractivity contribution in [3.8, 4) is 0 Å². The summed E-state index contributed by atoms with van der Waals surface area (Å²) in [5.41, 5.74) is -0.0890. The summed E-state index contributed by atoms with van der Waals surface area (Å²) in [6.45, 7) is 0. The fourth-order valence-electron chi connectivity index (χ4n) is 0.840. The van der Waals surface area contributed by atoms with Gasteiger partial charge in [0.2, 0.25) is 0 Å². The zero-order valence-corrected chi connectivity index (χ0v) is 7.88. The molecule has 1 N–H and O–H groups in total. The lowest BCUT2D eigenvalue weighted by Gasteiger charge is -2.05. The summed E-state index contributed by atoms with van der Waals surface area (Å²) in [7, 11) is 0. The van der Waals surface area contributed by atoms with Crippen LogP contribution in [0.5, 0.6) is 0 Å². The highest BCUT2D eigenvalue weighted by molar-refractivity contribution is 9.09. The van der Waals surface area contributed by atoms with E-state index in [1.54, 1.807) is 0 Å². The molecule has 0 spiro atoms. The minimum absolute atomic E-state index is 0.0890. The van der Waals surface area contributed by atoms with E-state index in [0.717, 1.165) is 12.1 Å². The number of hydrogen-bond acceptors (Lipinski definition) is 1. The molecule has 13 heavy (non-hydrogen) atoms. The number of carboxylic acid groups (broad SMARTS) is 1. The molecule has 0 amide bonds. The Balaban J connectivity index is 3.08. The van der Waals surface area contributed by atoms with Gasteiger partial charge in [-0.1, -0.05) is 22.0 Å². The van der Waals surface area contributed by atoms with Gasteiger partial charge in [-0.2, -0.15) is 0 Å². The Labute approximate surface area is 81.3 Å². The minimum Gasteiger partial charge on any atom is -0.480 e. The van der Waals surface area contributed by atoms with E-state index in [0.29, 0.717) is 6.07 Å². The Hall–Kier alpha value is -0.970. The molecule has 2 nitrogen and oxygen atoms in total. The molecule has 0 bridgehead atoms. The van der Waals surface area contributed by atoms with E-state index in [9.17, 15) is 13.6 Å². The molecular formula is C8H5BrF2O2. The van der Waals surface area contributed by atoms with Crippen LogP contribution in [0.3, 0.4) is 0 Å². The summed E-state index contributed by atoms with van der Waals surface area (Å²) < 4.78 is 25.3. The van der Waals surface area contributed by atoms with E-state index >= 15 is 0 Å². The lowest BCUT2D eigenvalue weighted by Crippen LogP contribution is -2.06. The topological polar surface area (TPSA) is 37.3 Å². The van der Waals surface area contributed by atoms with Gasteiger partial charge in [0.15, 0.2) is 0 Å². The third-order valence-corrected chi connectivity index (χ3v) is 2.34. The van der Waals surface area contributed by atoms with Crippen molar-refractivity contribution in [1.82, 2.24) is 0 Å². The predicted molar refractivity (Wildman–Crippen MR) is 45.7 cm³/mol. The largest absolute Gasteiger partial charge is 0.480 e. The Kier molecular flexibility index (Phi) is 2.98. The zero-order chi connectivity index (χ0) is 10.0. The van der Waals surface area contributed by atoms with E-state index in [1.807, 2.05) is 0 Å². The van der Waals surface area contributed by atoms with E-state index in [4.69, 9.17) is 5.11 Å². The molecule has 0 saturated carbocycles. The highest BCUT2D eigenvalue weighted by Crippen LogP contribution is 2.25. The molecule has 0 aliphatic rings. The lowest BCUT2D eigenvalue weighted by molar-refractivity contribution is -0.136. The third kappa shape index (κ3) is 2.24. The van der Waals surface area contributed by atoms with Crippen LogP contribution in [0, 0.1) is 11.6 Å². The van der Waals surface area contributed by atoms with Crippen LogP contribution in [0.1, 0.15) is 10.4 Å². The molecule has 1 rings (SSSR count). The first-order valence-corrected chi connectivity index (χ1v) is 4.25. The van der Waals surface area contributed by atoms with Crippen molar-refractivity contribution >= 4 is 21.9 Å². The molecule has 1 aromatic rings. The van der Waals surface area contributed by atoms with E-state index in [-0.39, 0.29) is 5.56 Å². The van der Waals surface area contributed by atoms with Crippen molar-refractivity contribution in [3.05, 3.63) is 35.4 Å². The molecule has 0 aliphatic carbocycles. The van der Waals surface area contributed by atoms with Gasteiger partial charge in [-0.15, -0.1) is 0 Å². The summed E-state index contributed by atoms with van der Waals surface area (Å²) in [6, 6.07) is 2.75. The van der Waals surface area contributed by atoms with Gasteiger partial charge >= 0.3 is 5.97 Å². The van der Waals surface area contributed by atoms with Crippen LogP contribution in [-0.4, -0.2) is 11.1 Å². The van der Waals surface area contributed by atoms with Crippen LogP contribution >= 0.6 is 15.9 Å². The minimum atomic E-state index is -1.22. The molecule has 1 unspecified atom stereocenters. The number of rotatable bonds is 2. The number of alkyl halides is 1. The molecule has 1 atom stereocenters. The Morgan fingerprint density at radius 3 is 2.54 bits per heavy atom. The predicted octanol–water partition coefficient (Wildman–Crippen LogP) is 2.49. The Morgan fingerprint density at radius 2 is 2.08 bits per heavy atom. The number of carbonyl (C=O) groups is 1. The molecule has 1 aromatic carbocycles. The molecule has 0 heterocycles. The summed E-state index contributed by atoms with van der Waals surface area (Å²) in [4.78, 5) is 9.28. The second-order valence-electron chi connectivity index (χ2n) is 2.37. The van der Waals surface area contributed by atoms with Crippen LogP contribution in [0.2, 0.25) is 0 Å². The lowest BCUT2D eigenvalue weighted by atomic mass is 10.1. The van der Waals surface area contributed by atoms with Crippen molar-refractivity contribution in [2.45, 2.75) is 4.83 Å². The van der Waals surface area contributed by atoms with Gasteiger partial charge in [-0.25, -0.2) is 8.78 Å². The molecule has 0 aliphatic heterocycles. The van der Waals surface area contributed by atoms with Gasteiger partial charge in [-0.05, 0) is 6.07 Å². The number of halogens is 3. The van der Waals surface area contributed by atoms with Crippen LogP contribution in [-0.2, 0) is 4.79 Å². The van der Waals surface area contributed by atoms with Gasteiger partial charge in [0, 0.05) is 11.6 Å². The molecule has 0 saturated heterocycles. The second kappa shape index (κ2) is 3.83. The van der Waals surface area contributed by atoms with Crippen molar-refractivity contribution in [2.24, 2.45) is 0 Å². The van der Waals surface area contributed by atoms with Gasteiger partial charge in [0.05, 0.1) is 0 Å². The SMILES string of the molecule is O=C(O)C(Br)c1ccc(F)cc1F. The fourth-order valence-corrected chi connectivity index (χ4v) is 1.21. The first kappa shape index (κ1) is 10.1. The molecule has 5 heteroatoms. The maximum atomic E-state index is 12.9. The maximum absolute atomic E-state index is 12.9. The second-order valence-corrected chi connectivity index (χ2v) is 3.28. The van der Waals surface area contributed by atoms with Gasteiger partial charge in [0.25, 0.3) is 0 Å². The summed E-state index contributed by atoms with van der Waals surface area (Å²) in [5.74, 6) is -2.82. The molecule has 0 radical (unpaired) electrons. The fraction of sp³-hybridized carbons (Fsp3) is 0.125. The standard InChI is InChI=1S/C8H5BrF2O2/c9-7(8(12)13)5-2-1-4(10)3-6(5)11/h1-3,7H,(H,12,13). The summed E-state index contributed by atoms with van der Waals surface area (Å²) >= 11 is 2.76. The Morgan fingerprint density at radius 1 is 1.46 bits per heavy atom. The van der Waals surface area contributed by atoms with Crippen LogP contribution in [0.4, 0.5) is 8.78 Å². The molecule has 70 valence electrons. The van der Waals surface area contributed by atoms with Crippen molar-refractivity contribution < 1.29 is 18.7 Å². The normalized spacial score (nSPS) is 12.5. The average Bonchev–Trinajstić information content (AvgIpc) is 2.03. The Bertz CT molecular complexity index is 341. The van der Waals surface area contributed by atoms with Crippen LogP contribution < -0.4 is 0 Å². The van der Waals surface area contributed by atoms with Gasteiger partial charge in [0.1, 0.15) is 16.5 Å². The smallest absolute Gasteiger partial charge is 0.321 e. The number of hydrogen-bond donors (Lipinski definition) is 1.